The lowest BCUT2D eigenvalue weighted by atomic mass is 10.0. The van der Waals surface area contributed by atoms with Crippen LogP contribution < -0.4 is 5.73 Å². The van der Waals surface area contributed by atoms with Gasteiger partial charge < -0.3 is 5.73 Å². The van der Waals surface area contributed by atoms with Crippen LogP contribution in [0.5, 0.6) is 0 Å². The van der Waals surface area contributed by atoms with Crippen molar-refractivity contribution in [2.24, 2.45) is 12.8 Å². The van der Waals surface area contributed by atoms with Gasteiger partial charge in [0.2, 0.25) is 0 Å². The van der Waals surface area contributed by atoms with Gasteiger partial charge in [0.15, 0.2) is 0 Å². The van der Waals surface area contributed by atoms with E-state index in [0.717, 1.165) is 36.3 Å². The lowest BCUT2D eigenvalue weighted by molar-refractivity contribution is 0.584. The summed E-state index contributed by atoms with van der Waals surface area (Å²) in [6, 6.07) is 2.13. The molecule has 2 aromatic heterocycles. The molecule has 19 heavy (non-hydrogen) atoms. The first-order chi connectivity index (χ1) is 9.05. The lowest BCUT2D eigenvalue weighted by Gasteiger charge is -2.11. The molecule has 0 aliphatic carbocycles. The maximum Gasteiger partial charge on any atom is 0.0641 e. The van der Waals surface area contributed by atoms with Crippen molar-refractivity contribution in [1.82, 2.24) is 19.6 Å². The maximum absolute atomic E-state index is 6.32. The van der Waals surface area contributed by atoms with Crippen molar-refractivity contribution in [3.05, 3.63) is 34.9 Å². The minimum absolute atomic E-state index is 0.0274. The van der Waals surface area contributed by atoms with Gasteiger partial charge in [-0.3, -0.25) is 9.36 Å². The van der Waals surface area contributed by atoms with Crippen molar-refractivity contribution in [1.29, 1.82) is 0 Å². The van der Waals surface area contributed by atoms with Crippen LogP contribution in [0, 0.1) is 6.92 Å². The molecule has 5 heteroatoms. The summed E-state index contributed by atoms with van der Waals surface area (Å²) in [4.78, 5) is 0. The zero-order chi connectivity index (χ0) is 14.0. The second-order valence-electron chi connectivity index (χ2n) is 4.95. The first kappa shape index (κ1) is 13.8. The molecule has 2 aromatic rings. The van der Waals surface area contributed by atoms with Crippen LogP contribution in [0.1, 0.15) is 42.5 Å². The monoisotopic (exact) mass is 261 g/mol. The summed E-state index contributed by atoms with van der Waals surface area (Å²) in [5, 5.41) is 8.91. The molecule has 2 heterocycles. The van der Waals surface area contributed by atoms with Gasteiger partial charge >= 0.3 is 0 Å². The molecule has 5 nitrogen and oxygen atoms in total. The Labute approximate surface area is 114 Å². The van der Waals surface area contributed by atoms with E-state index in [0.29, 0.717) is 0 Å². The number of hydrogen-bond donors (Lipinski definition) is 1. The van der Waals surface area contributed by atoms with Crippen LogP contribution in [0.2, 0.25) is 0 Å². The third-order valence-electron chi connectivity index (χ3n) is 3.46. The third kappa shape index (κ3) is 2.87. The number of nitrogens with zero attached hydrogens (tertiary/aromatic N) is 4. The Morgan fingerprint density at radius 1 is 1.32 bits per heavy atom. The van der Waals surface area contributed by atoms with E-state index in [1.807, 2.05) is 29.5 Å². The molecule has 2 rings (SSSR count). The summed E-state index contributed by atoms with van der Waals surface area (Å²) >= 11 is 0. The molecule has 0 aromatic carbocycles. The predicted octanol–water partition coefficient (Wildman–Crippen LogP) is 1.75. The average molecular weight is 261 g/mol. The van der Waals surface area contributed by atoms with Crippen LogP contribution >= 0.6 is 0 Å². The van der Waals surface area contributed by atoms with Crippen molar-refractivity contribution in [3.8, 4) is 0 Å². The Balaban J connectivity index is 2.20. The molecule has 104 valence electrons. The van der Waals surface area contributed by atoms with Crippen LogP contribution in [-0.2, 0) is 26.4 Å². The van der Waals surface area contributed by atoms with E-state index in [1.165, 1.54) is 5.69 Å². The van der Waals surface area contributed by atoms with Gasteiger partial charge in [-0.05, 0) is 26.3 Å². The van der Waals surface area contributed by atoms with Gasteiger partial charge in [-0.1, -0.05) is 6.92 Å². The van der Waals surface area contributed by atoms with Gasteiger partial charge in [0, 0.05) is 43.5 Å². The molecule has 0 bridgehead atoms. The lowest BCUT2D eigenvalue weighted by Crippen LogP contribution is -2.16. The van der Waals surface area contributed by atoms with Gasteiger partial charge in [-0.15, -0.1) is 0 Å². The van der Waals surface area contributed by atoms with E-state index in [1.54, 1.807) is 0 Å². The predicted molar refractivity (Wildman–Crippen MR) is 75.9 cm³/mol. The highest BCUT2D eigenvalue weighted by Crippen LogP contribution is 2.19. The smallest absolute Gasteiger partial charge is 0.0641 e. The fourth-order valence-electron chi connectivity index (χ4n) is 2.44. The molecule has 1 unspecified atom stereocenters. The minimum Gasteiger partial charge on any atom is -0.324 e. The first-order valence-corrected chi connectivity index (χ1v) is 6.86. The molecule has 0 saturated carbocycles. The molecule has 0 aliphatic heterocycles. The van der Waals surface area contributed by atoms with Gasteiger partial charge in [0.25, 0.3) is 0 Å². The van der Waals surface area contributed by atoms with Crippen molar-refractivity contribution in [2.75, 3.05) is 0 Å². The fourth-order valence-corrected chi connectivity index (χ4v) is 2.44. The molecule has 0 amide bonds. The molecule has 2 N–H and O–H groups in total. The van der Waals surface area contributed by atoms with Gasteiger partial charge in [0.1, 0.15) is 0 Å². The number of rotatable bonds is 5. The average Bonchev–Trinajstić information content (AvgIpc) is 2.92. The molecule has 0 saturated heterocycles. The Bertz CT molecular complexity index is 552. The van der Waals surface area contributed by atoms with Crippen molar-refractivity contribution in [3.63, 3.8) is 0 Å². The summed E-state index contributed by atoms with van der Waals surface area (Å²) in [7, 11) is 1.93. The Morgan fingerprint density at radius 2 is 2.05 bits per heavy atom. The highest BCUT2D eigenvalue weighted by molar-refractivity contribution is 5.22. The normalized spacial score (nSPS) is 12.9. The van der Waals surface area contributed by atoms with E-state index < -0.39 is 0 Å². The molecule has 0 spiro atoms. The van der Waals surface area contributed by atoms with Crippen molar-refractivity contribution >= 4 is 0 Å². The summed E-state index contributed by atoms with van der Waals surface area (Å²) in [5.74, 6) is 0. The van der Waals surface area contributed by atoms with Crippen molar-refractivity contribution < 1.29 is 0 Å². The largest absolute Gasteiger partial charge is 0.324 e. The van der Waals surface area contributed by atoms with E-state index in [2.05, 4.69) is 30.1 Å². The summed E-state index contributed by atoms with van der Waals surface area (Å²) in [6.07, 6.45) is 3.77. The van der Waals surface area contributed by atoms with Crippen LogP contribution in [0.25, 0.3) is 0 Å². The second-order valence-corrected chi connectivity index (χ2v) is 4.95. The van der Waals surface area contributed by atoms with Crippen LogP contribution in [-0.4, -0.2) is 19.6 Å². The Hall–Kier alpha value is -1.62. The minimum atomic E-state index is -0.0274. The molecule has 1 atom stereocenters. The Morgan fingerprint density at radius 3 is 2.58 bits per heavy atom. The third-order valence-corrected chi connectivity index (χ3v) is 3.46. The standard InChI is InChI=1S/C14H23N5/c1-5-11-7-12(19(6-2)17-11)8-14(15)13-9-18(4)16-10(13)3/h7,9,14H,5-6,8,15H2,1-4H3. The summed E-state index contributed by atoms with van der Waals surface area (Å²) in [6.45, 7) is 7.12. The Kier molecular flexibility index (Phi) is 4.04. The van der Waals surface area contributed by atoms with Gasteiger partial charge in [0.05, 0.1) is 11.4 Å². The van der Waals surface area contributed by atoms with Crippen LogP contribution in [0.15, 0.2) is 12.3 Å². The fraction of sp³-hybridized carbons (Fsp3) is 0.571. The van der Waals surface area contributed by atoms with E-state index in [-0.39, 0.29) is 6.04 Å². The van der Waals surface area contributed by atoms with Gasteiger partial charge in [-0.2, -0.15) is 10.2 Å². The van der Waals surface area contributed by atoms with E-state index in [4.69, 9.17) is 5.73 Å². The van der Waals surface area contributed by atoms with E-state index >= 15 is 0 Å². The number of aromatic nitrogens is 4. The summed E-state index contributed by atoms with van der Waals surface area (Å²) < 4.78 is 3.86. The first-order valence-electron chi connectivity index (χ1n) is 6.86. The SMILES string of the molecule is CCc1cc(CC(N)c2cn(C)nc2C)n(CC)n1. The zero-order valence-corrected chi connectivity index (χ0v) is 12.2. The molecular weight excluding hydrogens is 238 g/mol. The molecule has 0 aliphatic rings. The van der Waals surface area contributed by atoms with Gasteiger partial charge in [-0.25, -0.2) is 0 Å². The molecular formula is C14H23N5. The zero-order valence-electron chi connectivity index (χ0n) is 12.2. The number of hydrogen-bond acceptors (Lipinski definition) is 3. The van der Waals surface area contributed by atoms with Crippen molar-refractivity contribution in [2.45, 2.75) is 46.2 Å². The number of aryl methyl sites for hydroxylation is 4. The highest BCUT2D eigenvalue weighted by Gasteiger charge is 2.16. The second kappa shape index (κ2) is 5.57. The quantitative estimate of drug-likeness (QED) is 0.892. The highest BCUT2D eigenvalue weighted by atomic mass is 15.3. The van der Waals surface area contributed by atoms with E-state index in [9.17, 15) is 0 Å². The number of nitrogens with two attached hydrogens (primary N) is 1. The topological polar surface area (TPSA) is 61.7 Å². The maximum atomic E-state index is 6.32. The molecule has 0 fully saturated rings. The molecule has 0 radical (unpaired) electrons. The van der Waals surface area contributed by atoms with Crippen LogP contribution in [0.3, 0.4) is 0 Å². The summed E-state index contributed by atoms with van der Waals surface area (Å²) in [5.41, 5.74) is 10.8. The van der Waals surface area contributed by atoms with Crippen LogP contribution in [0.4, 0.5) is 0 Å².